The molecule has 24 heavy (non-hydrogen) atoms. The van der Waals surface area contributed by atoms with E-state index in [1.807, 2.05) is 50.2 Å². The fraction of sp³-hybridized carbons (Fsp3) is 0.316. The third-order valence-electron chi connectivity index (χ3n) is 4.05. The maximum atomic E-state index is 10.2. The van der Waals surface area contributed by atoms with Gasteiger partial charge in [0.1, 0.15) is 11.5 Å². The molecule has 0 radical (unpaired) electrons. The number of nitrogens with zero attached hydrogens (tertiary/aromatic N) is 1. The first-order valence-electron chi connectivity index (χ1n) is 8.11. The van der Waals surface area contributed by atoms with E-state index in [9.17, 15) is 5.11 Å². The Hall–Kier alpha value is -1.85. The van der Waals surface area contributed by atoms with Gasteiger partial charge < -0.3 is 9.84 Å². The van der Waals surface area contributed by atoms with Crippen LogP contribution in [-0.4, -0.2) is 23.6 Å². The van der Waals surface area contributed by atoms with Crippen molar-refractivity contribution in [3.63, 3.8) is 0 Å². The maximum absolute atomic E-state index is 10.2. The number of hydrogen-bond acceptors (Lipinski definition) is 4. The van der Waals surface area contributed by atoms with Crippen LogP contribution in [0.15, 0.2) is 51.9 Å². The molecule has 4 nitrogen and oxygen atoms in total. The second-order valence-electron chi connectivity index (χ2n) is 5.84. The van der Waals surface area contributed by atoms with Crippen molar-refractivity contribution in [1.82, 2.24) is 5.32 Å². The number of nitrogens with one attached hydrogen (secondary N) is 1. The lowest BCUT2D eigenvalue weighted by Gasteiger charge is -2.29. The van der Waals surface area contributed by atoms with Crippen LogP contribution in [0.5, 0.6) is 11.5 Å². The highest BCUT2D eigenvalue weighted by Gasteiger charge is 2.24. The standard InChI is InChI=1S/C19H21BrN2O2/c1-3-24-15-7-4-13(5-8-15)17-11-18(22-12(2)21-17)16-10-14(20)6-9-19(16)23/h4-10,12,18,22-23H,3,11H2,1-2H3. The maximum Gasteiger partial charge on any atom is 0.120 e. The highest BCUT2D eigenvalue weighted by Crippen LogP contribution is 2.32. The van der Waals surface area contributed by atoms with Crippen LogP contribution in [-0.2, 0) is 0 Å². The Labute approximate surface area is 150 Å². The lowest BCUT2D eigenvalue weighted by atomic mass is 9.94. The molecule has 2 N–H and O–H groups in total. The molecule has 2 atom stereocenters. The third-order valence-corrected chi connectivity index (χ3v) is 4.55. The van der Waals surface area contributed by atoms with Crippen LogP contribution in [0.1, 0.15) is 37.4 Å². The summed E-state index contributed by atoms with van der Waals surface area (Å²) >= 11 is 3.48. The number of phenols is 1. The van der Waals surface area contributed by atoms with Gasteiger partial charge in [-0.1, -0.05) is 15.9 Å². The highest BCUT2D eigenvalue weighted by atomic mass is 79.9. The number of halogens is 1. The minimum atomic E-state index is -0.0105. The first-order valence-corrected chi connectivity index (χ1v) is 8.90. The van der Waals surface area contributed by atoms with Crippen LogP contribution in [0.2, 0.25) is 0 Å². The van der Waals surface area contributed by atoms with E-state index in [1.165, 1.54) is 0 Å². The van der Waals surface area contributed by atoms with Gasteiger partial charge in [-0.25, -0.2) is 0 Å². The smallest absolute Gasteiger partial charge is 0.120 e. The van der Waals surface area contributed by atoms with Gasteiger partial charge in [-0.2, -0.15) is 0 Å². The number of ether oxygens (including phenoxy) is 1. The van der Waals surface area contributed by atoms with Crippen LogP contribution in [0, 0.1) is 0 Å². The van der Waals surface area contributed by atoms with Gasteiger partial charge in [-0.05, 0) is 61.9 Å². The summed E-state index contributed by atoms with van der Waals surface area (Å²) in [7, 11) is 0. The van der Waals surface area contributed by atoms with E-state index in [0.717, 1.165) is 33.5 Å². The normalized spacial score (nSPS) is 20.5. The lowest BCUT2D eigenvalue weighted by molar-refractivity contribution is 0.340. The second-order valence-corrected chi connectivity index (χ2v) is 6.75. The van der Waals surface area contributed by atoms with Crippen molar-refractivity contribution in [2.24, 2.45) is 4.99 Å². The molecule has 3 rings (SSSR count). The Balaban J connectivity index is 1.86. The van der Waals surface area contributed by atoms with Gasteiger partial charge in [-0.15, -0.1) is 0 Å². The summed E-state index contributed by atoms with van der Waals surface area (Å²) in [6, 6.07) is 13.6. The molecule has 126 valence electrons. The molecule has 1 aliphatic heterocycles. The van der Waals surface area contributed by atoms with Gasteiger partial charge >= 0.3 is 0 Å². The summed E-state index contributed by atoms with van der Waals surface area (Å²) in [6.45, 7) is 4.66. The Morgan fingerprint density at radius 1 is 1.25 bits per heavy atom. The van der Waals surface area contributed by atoms with Crippen molar-refractivity contribution < 1.29 is 9.84 Å². The molecular formula is C19H21BrN2O2. The molecular weight excluding hydrogens is 368 g/mol. The zero-order valence-electron chi connectivity index (χ0n) is 13.8. The third kappa shape index (κ3) is 3.79. The van der Waals surface area contributed by atoms with Crippen molar-refractivity contribution in [2.45, 2.75) is 32.5 Å². The zero-order valence-corrected chi connectivity index (χ0v) is 15.4. The molecule has 0 amide bonds. The molecule has 0 fully saturated rings. The number of phenolic OH excluding ortho intramolecular Hbond substituents is 1. The van der Waals surface area contributed by atoms with Crippen molar-refractivity contribution in [1.29, 1.82) is 0 Å². The van der Waals surface area contributed by atoms with Gasteiger partial charge in [0, 0.05) is 28.2 Å². The molecule has 2 unspecified atom stereocenters. The van der Waals surface area contributed by atoms with Gasteiger partial charge in [0.15, 0.2) is 0 Å². The number of aliphatic imine (C=N–C) groups is 1. The largest absolute Gasteiger partial charge is 0.508 e. The van der Waals surface area contributed by atoms with Crippen LogP contribution in [0.4, 0.5) is 0 Å². The van der Waals surface area contributed by atoms with E-state index in [0.29, 0.717) is 12.4 Å². The van der Waals surface area contributed by atoms with E-state index in [1.54, 1.807) is 6.07 Å². The molecule has 0 aromatic heterocycles. The zero-order chi connectivity index (χ0) is 17.1. The summed E-state index contributed by atoms with van der Waals surface area (Å²) in [4.78, 5) is 4.73. The van der Waals surface area contributed by atoms with Crippen LogP contribution < -0.4 is 10.1 Å². The summed E-state index contributed by atoms with van der Waals surface area (Å²) in [5.41, 5.74) is 3.01. The highest BCUT2D eigenvalue weighted by molar-refractivity contribution is 9.10. The van der Waals surface area contributed by atoms with E-state index < -0.39 is 0 Å². The van der Waals surface area contributed by atoms with Crippen LogP contribution in [0.3, 0.4) is 0 Å². The summed E-state index contributed by atoms with van der Waals surface area (Å²) in [6.07, 6.45) is 0.714. The molecule has 0 saturated heterocycles. The summed E-state index contributed by atoms with van der Waals surface area (Å²) in [5.74, 6) is 1.17. The number of benzene rings is 2. The molecule has 1 heterocycles. The van der Waals surface area contributed by atoms with Crippen molar-refractivity contribution in [2.75, 3.05) is 6.61 Å². The predicted octanol–water partition coefficient (Wildman–Crippen LogP) is 4.42. The molecule has 0 aliphatic carbocycles. The average molecular weight is 389 g/mol. The molecule has 5 heteroatoms. The van der Waals surface area contributed by atoms with Gasteiger partial charge in [0.2, 0.25) is 0 Å². The first kappa shape index (κ1) is 17.0. The second kappa shape index (κ2) is 7.36. The Morgan fingerprint density at radius 2 is 2.00 bits per heavy atom. The van der Waals surface area contributed by atoms with E-state index in [-0.39, 0.29) is 12.2 Å². The minimum Gasteiger partial charge on any atom is -0.508 e. The molecule has 0 spiro atoms. The Kier molecular flexibility index (Phi) is 5.21. The number of rotatable bonds is 4. The first-order chi connectivity index (χ1) is 11.6. The quantitative estimate of drug-likeness (QED) is 0.814. The molecule has 2 aromatic rings. The van der Waals surface area contributed by atoms with Gasteiger partial charge in [-0.3, -0.25) is 10.3 Å². The SMILES string of the molecule is CCOc1ccc(C2=NC(C)NC(c3cc(Br)ccc3O)C2)cc1. The molecule has 2 aromatic carbocycles. The van der Waals surface area contributed by atoms with E-state index in [2.05, 4.69) is 21.2 Å². The van der Waals surface area contributed by atoms with Gasteiger partial charge in [0.25, 0.3) is 0 Å². The predicted molar refractivity (Wildman–Crippen MR) is 99.9 cm³/mol. The van der Waals surface area contributed by atoms with E-state index in [4.69, 9.17) is 9.73 Å². The summed E-state index contributed by atoms with van der Waals surface area (Å²) in [5, 5.41) is 13.6. The average Bonchev–Trinajstić information content (AvgIpc) is 2.57. The Bertz CT molecular complexity index is 744. The van der Waals surface area contributed by atoms with Crippen LogP contribution >= 0.6 is 15.9 Å². The van der Waals surface area contributed by atoms with Gasteiger partial charge in [0.05, 0.1) is 12.8 Å². The fourth-order valence-corrected chi connectivity index (χ4v) is 3.35. The van der Waals surface area contributed by atoms with Crippen molar-refractivity contribution in [3.05, 3.63) is 58.1 Å². The number of aromatic hydroxyl groups is 1. The number of hydrogen-bond donors (Lipinski definition) is 2. The topological polar surface area (TPSA) is 53.8 Å². The molecule has 0 saturated carbocycles. The monoisotopic (exact) mass is 388 g/mol. The molecule has 0 bridgehead atoms. The minimum absolute atomic E-state index is 0.0105. The fourth-order valence-electron chi connectivity index (χ4n) is 2.97. The Morgan fingerprint density at radius 3 is 2.71 bits per heavy atom. The van der Waals surface area contributed by atoms with Crippen LogP contribution in [0.25, 0.3) is 0 Å². The molecule has 1 aliphatic rings. The van der Waals surface area contributed by atoms with E-state index >= 15 is 0 Å². The van der Waals surface area contributed by atoms with Crippen molar-refractivity contribution >= 4 is 21.6 Å². The summed E-state index contributed by atoms with van der Waals surface area (Å²) < 4.78 is 6.45. The lowest BCUT2D eigenvalue weighted by Crippen LogP contribution is -2.36. The van der Waals surface area contributed by atoms with Crippen molar-refractivity contribution in [3.8, 4) is 11.5 Å².